The SMILES string of the molecule is COC(=O)c1c[nH]c(-c2cc(Oc3cccc(N)c3)ccn2)c1. The highest BCUT2D eigenvalue weighted by Gasteiger charge is 2.10. The first-order valence-corrected chi connectivity index (χ1v) is 6.92. The van der Waals surface area contributed by atoms with Gasteiger partial charge in [-0.2, -0.15) is 0 Å². The lowest BCUT2D eigenvalue weighted by atomic mass is 10.2. The summed E-state index contributed by atoms with van der Waals surface area (Å²) < 4.78 is 10.5. The van der Waals surface area contributed by atoms with Crippen molar-refractivity contribution in [2.45, 2.75) is 0 Å². The second-order valence-corrected chi connectivity index (χ2v) is 4.84. The highest BCUT2D eigenvalue weighted by atomic mass is 16.5. The molecule has 3 N–H and O–H groups in total. The van der Waals surface area contributed by atoms with Crippen LogP contribution in [0.2, 0.25) is 0 Å². The zero-order chi connectivity index (χ0) is 16.2. The summed E-state index contributed by atoms with van der Waals surface area (Å²) in [6.45, 7) is 0. The monoisotopic (exact) mass is 309 g/mol. The van der Waals surface area contributed by atoms with E-state index in [0.29, 0.717) is 34.1 Å². The largest absolute Gasteiger partial charge is 0.465 e. The molecule has 116 valence electrons. The average molecular weight is 309 g/mol. The van der Waals surface area contributed by atoms with Crippen molar-refractivity contribution < 1.29 is 14.3 Å². The molecule has 0 bridgehead atoms. The predicted molar refractivity (Wildman–Crippen MR) is 86.3 cm³/mol. The van der Waals surface area contributed by atoms with E-state index < -0.39 is 5.97 Å². The Balaban J connectivity index is 1.85. The maximum atomic E-state index is 11.5. The number of rotatable bonds is 4. The molecule has 0 radical (unpaired) electrons. The number of H-pyrrole nitrogens is 1. The molecule has 0 aliphatic heterocycles. The van der Waals surface area contributed by atoms with Crippen LogP contribution in [-0.2, 0) is 4.74 Å². The van der Waals surface area contributed by atoms with Gasteiger partial charge in [-0.3, -0.25) is 4.98 Å². The van der Waals surface area contributed by atoms with E-state index in [0.717, 1.165) is 0 Å². The zero-order valence-electron chi connectivity index (χ0n) is 12.4. The quantitative estimate of drug-likeness (QED) is 0.570. The van der Waals surface area contributed by atoms with E-state index in [-0.39, 0.29) is 0 Å². The minimum atomic E-state index is -0.403. The van der Waals surface area contributed by atoms with Crippen molar-refractivity contribution in [1.29, 1.82) is 0 Å². The summed E-state index contributed by atoms with van der Waals surface area (Å²) in [4.78, 5) is 18.8. The lowest BCUT2D eigenvalue weighted by Crippen LogP contribution is -1.98. The van der Waals surface area contributed by atoms with Crippen LogP contribution in [0.15, 0.2) is 54.9 Å². The fourth-order valence-electron chi connectivity index (χ4n) is 2.11. The smallest absolute Gasteiger partial charge is 0.339 e. The Morgan fingerprint density at radius 3 is 2.78 bits per heavy atom. The summed E-state index contributed by atoms with van der Waals surface area (Å²) >= 11 is 0. The molecule has 3 aromatic rings. The summed E-state index contributed by atoms with van der Waals surface area (Å²) in [6, 6.07) is 12.4. The van der Waals surface area contributed by atoms with Gasteiger partial charge >= 0.3 is 5.97 Å². The van der Waals surface area contributed by atoms with Gasteiger partial charge in [0.2, 0.25) is 0 Å². The van der Waals surface area contributed by atoms with Gasteiger partial charge in [0, 0.05) is 30.2 Å². The van der Waals surface area contributed by atoms with Gasteiger partial charge in [-0.15, -0.1) is 0 Å². The molecule has 0 saturated heterocycles. The zero-order valence-corrected chi connectivity index (χ0v) is 12.4. The summed E-state index contributed by atoms with van der Waals surface area (Å²) in [5.41, 5.74) is 8.15. The van der Waals surface area contributed by atoms with Gasteiger partial charge in [0.05, 0.1) is 24.1 Å². The van der Waals surface area contributed by atoms with Crippen molar-refractivity contribution in [2.24, 2.45) is 0 Å². The third-order valence-corrected chi connectivity index (χ3v) is 3.21. The molecule has 0 aliphatic rings. The second-order valence-electron chi connectivity index (χ2n) is 4.84. The number of nitrogens with two attached hydrogens (primary N) is 1. The molecule has 6 heteroatoms. The third kappa shape index (κ3) is 3.32. The number of aromatic nitrogens is 2. The Kier molecular flexibility index (Phi) is 3.97. The standard InChI is InChI=1S/C17H15N3O3/c1-22-17(21)11-7-15(20-10-11)16-9-14(5-6-19-16)23-13-4-2-3-12(18)8-13/h2-10,20H,18H2,1H3. The van der Waals surface area contributed by atoms with Gasteiger partial charge < -0.3 is 20.2 Å². The molecule has 0 atom stereocenters. The van der Waals surface area contributed by atoms with Crippen LogP contribution in [0.4, 0.5) is 5.69 Å². The number of hydrogen-bond acceptors (Lipinski definition) is 5. The number of anilines is 1. The molecule has 2 aromatic heterocycles. The van der Waals surface area contributed by atoms with Crippen molar-refractivity contribution in [2.75, 3.05) is 12.8 Å². The summed E-state index contributed by atoms with van der Waals surface area (Å²) in [5.74, 6) is 0.860. The number of benzene rings is 1. The Hall–Kier alpha value is -3.28. The minimum absolute atomic E-state index is 0.403. The molecular formula is C17H15N3O3. The first kappa shape index (κ1) is 14.6. The Bertz CT molecular complexity index is 842. The summed E-state index contributed by atoms with van der Waals surface area (Å²) in [6.07, 6.45) is 3.21. The van der Waals surface area contributed by atoms with Crippen molar-refractivity contribution in [3.05, 3.63) is 60.4 Å². The highest BCUT2D eigenvalue weighted by Crippen LogP contribution is 2.26. The van der Waals surface area contributed by atoms with Gasteiger partial charge in [-0.05, 0) is 24.3 Å². The van der Waals surface area contributed by atoms with E-state index >= 15 is 0 Å². The first-order chi connectivity index (χ1) is 11.2. The van der Waals surface area contributed by atoms with Crippen molar-refractivity contribution in [1.82, 2.24) is 9.97 Å². The number of hydrogen-bond donors (Lipinski definition) is 2. The van der Waals surface area contributed by atoms with Gasteiger partial charge in [-0.1, -0.05) is 6.07 Å². The summed E-state index contributed by atoms with van der Waals surface area (Å²) in [7, 11) is 1.34. The summed E-state index contributed by atoms with van der Waals surface area (Å²) in [5, 5.41) is 0. The normalized spacial score (nSPS) is 10.3. The lowest BCUT2D eigenvalue weighted by Gasteiger charge is -2.07. The molecule has 1 aromatic carbocycles. The Morgan fingerprint density at radius 1 is 1.17 bits per heavy atom. The van der Waals surface area contributed by atoms with E-state index in [2.05, 4.69) is 14.7 Å². The molecule has 23 heavy (non-hydrogen) atoms. The minimum Gasteiger partial charge on any atom is -0.465 e. The Labute approximate surface area is 132 Å². The highest BCUT2D eigenvalue weighted by molar-refractivity contribution is 5.90. The molecule has 6 nitrogen and oxygen atoms in total. The molecule has 0 amide bonds. The van der Waals surface area contributed by atoms with Crippen LogP contribution in [0.3, 0.4) is 0 Å². The van der Waals surface area contributed by atoms with Crippen LogP contribution in [0.5, 0.6) is 11.5 Å². The van der Waals surface area contributed by atoms with Crippen LogP contribution in [0, 0.1) is 0 Å². The third-order valence-electron chi connectivity index (χ3n) is 3.21. The predicted octanol–water partition coefficient (Wildman–Crippen LogP) is 3.24. The van der Waals surface area contributed by atoms with Crippen molar-refractivity contribution in [3.8, 4) is 22.9 Å². The van der Waals surface area contributed by atoms with Crippen molar-refractivity contribution in [3.63, 3.8) is 0 Å². The van der Waals surface area contributed by atoms with Crippen LogP contribution < -0.4 is 10.5 Å². The van der Waals surface area contributed by atoms with E-state index in [1.165, 1.54) is 7.11 Å². The molecule has 3 rings (SSSR count). The van der Waals surface area contributed by atoms with Crippen molar-refractivity contribution >= 4 is 11.7 Å². The number of methoxy groups -OCH3 is 1. The average Bonchev–Trinajstić information content (AvgIpc) is 3.04. The fraction of sp³-hybridized carbons (Fsp3) is 0.0588. The van der Waals surface area contributed by atoms with Crippen LogP contribution in [0.25, 0.3) is 11.4 Å². The lowest BCUT2D eigenvalue weighted by molar-refractivity contribution is 0.0601. The number of esters is 1. The maximum Gasteiger partial charge on any atom is 0.339 e. The second kappa shape index (κ2) is 6.23. The molecule has 0 unspecified atom stereocenters. The van der Waals surface area contributed by atoms with E-state index in [9.17, 15) is 4.79 Å². The van der Waals surface area contributed by atoms with Crippen LogP contribution in [0.1, 0.15) is 10.4 Å². The van der Waals surface area contributed by atoms with Gasteiger partial charge in [0.25, 0.3) is 0 Å². The van der Waals surface area contributed by atoms with Gasteiger partial charge in [0.15, 0.2) is 0 Å². The first-order valence-electron chi connectivity index (χ1n) is 6.92. The number of nitrogens with zero attached hydrogens (tertiary/aromatic N) is 1. The topological polar surface area (TPSA) is 90.2 Å². The number of nitrogen functional groups attached to an aromatic ring is 1. The van der Waals surface area contributed by atoms with Gasteiger partial charge in [-0.25, -0.2) is 4.79 Å². The number of aromatic amines is 1. The van der Waals surface area contributed by atoms with E-state index in [4.69, 9.17) is 10.5 Å². The van der Waals surface area contributed by atoms with Crippen LogP contribution >= 0.6 is 0 Å². The van der Waals surface area contributed by atoms with Gasteiger partial charge in [0.1, 0.15) is 11.5 Å². The van der Waals surface area contributed by atoms with Crippen LogP contribution in [-0.4, -0.2) is 23.0 Å². The number of carbonyl (C=O) groups is 1. The van der Waals surface area contributed by atoms with E-state index in [1.807, 2.05) is 12.1 Å². The molecule has 0 aliphatic carbocycles. The molecule has 0 spiro atoms. The number of nitrogens with one attached hydrogen (secondary N) is 1. The maximum absolute atomic E-state index is 11.5. The number of pyridine rings is 1. The fourth-order valence-corrected chi connectivity index (χ4v) is 2.11. The molecular weight excluding hydrogens is 294 g/mol. The number of ether oxygens (including phenoxy) is 2. The molecule has 0 fully saturated rings. The van der Waals surface area contributed by atoms with E-state index in [1.54, 1.807) is 42.7 Å². The Morgan fingerprint density at radius 2 is 2.00 bits per heavy atom. The number of carbonyl (C=O) groups excluding carboxylic acids is 1. The molecule has 2 heterocycles. The molecule has 0 saturated carbocycles.